The quantitative estimate of drug-likeness (QED) is 0.598. The highest BCUT2D eigenvalue weighted by molar-refractivity contribution is 4.74. The Morgan fingerprint density at radius 3 is 1.40 bits per heavy atom. The molecule has 0 aromatic rings. The molecule has 0 spiro atoms. The van der Waals surface area contributed by atoms with Crippen LogP contribution >= 0.6 is 0 Å². The van der Waals surface area contributed by atoms with E-state index in [1.807, 2.05) is 6.92 Å². The van der Waals surface area contributed by atoms with Gasteiger partial charge in [0.05, 0.1) is 0 Å². The first-order valence-corrected chi connectivity index (χ1v) is 10.6. The third-order valence-electron chi connectivity index (χ3n) is 4.83. The molecule has 2 aliphatic rings. The minimum Gasteiger partial charge on any atom is -0.330 e. The summed E-state index contributed by atoms with van der Waals surface area (Å²) in [5.74, 6) is 2.45. The molecular weight excluding hydrogens is 308 g/mol. The molecule has 2 fully saturated rings. The molecule has 0 heterocycles. The first-order valence-electron chi connectivity index (χ1n) is 10.6. The Hall–Kier alpha value is -0.160. The molecule has 2 rings (SSSR count). The van der Waals surface area contributed by atoms with Crippen LogP contribution in [0.1, 0.15) is 92.9 Å². The average molecular weight is 359 g/mol. The van der Waals surface area contributed by atoms with E-state index in [2.05, 4.69) is 34.6 Å². The normalized spacial score (nSPS) is 29.4. The van der Waals surface area contributed by atoms with Gasteiger partial charge in [-0.1, -0.05) is 47.5 Å². The summed E-state index contributed by atoms with van der Waals surface area (Å²) in [7, 11) is 0. The predicted molar refractivity (Wildman–Crippen MR) is 114 cm³/mol. The minimum absolute atomic E-state index is 0.384. The van der Waals surface area contributed by atoms with Crippen LogP contribution in [0.2, 0.25) is 0 Å². The zero-order chi connectivity index (χ0) is 19.8. The summed E-state index contributed by atoms with van der Waals surface area (Å²) < 4.78 is 0. The number of rotatable bonds is 2. The van der Waals surface area contributed by atoms with Crippen molar-refractivity contribution in [1.29, 1.82) is 0 Å². The van der Waals surface area contributed by atoms with E-state index in [9.17, 15) is 0 Å². The van der Waals surface area contributed by atoms with Crippen LogP contribution in [0.15, 0.2) is 0 Å². The lowest BCUT2D eigenvalue weighted by molar-refractivity contribution is 0.344. The van der Waals surface area contributed by atoms with Gasteiger partial charge in [0.25, 0.3) is 0 Å². The number of hydrogen-bond donors (Lipinski definition) is 4. The van der Waals surface area contributed by atoms with Crippen LogP contribution < -0.4 is 22.9 Å². The van der Waals surface area contributed by atoms with Crippen molar-refractivity contribution in [2.75, 3.05) is 6.54 Å². The van der Waals surface area contributed by atoms with E-state index in [1.165, 1.54) is 44.9 Å². The Morgan fingerprint density at radius 1 is 0.840 bits per heavy atom. The second kappa shape index (κ2) is 17.3. The molecule has 1 unspecified atom stereocenters. The fourth-order valence-corrected chi connectivity index (χ4v) is 2.73. The lowest BCUT2D eigenvalue weighted by atomic mass is 9.88. The summed E-state index contributed by atoms with van der Waals surface area (Å²) in [6.07, 6.45) is 10.2. The third kappa shape index (κ3) is 21.8. The predicted octanol–water partition coefficient (Wildman–Crippen LogP) is 4.00. The molecule has 154 valence electrons. The van der Waals surface area contributed by atoms with Crippen LogP contribution in [0.4, 0.5) is 0 Å². The highest BCUT2D eigenvalue weighted by Crippen LogP contribution is 2.22. The molecule has 4 heteroatoms. The molecule has 25 heavy (non-hydrogen) atoms. The second-order valence-electron chi connectivity index (χ2n) is 8.73. The fraction of sp³-hybridized carbons (Fsp3) is 1.00. The van der Waals surface area contributed by atoms with E-state index >= 15 is 0 Å². The largest absolute Gasteiger partial charge is 0.330 e. The van der Waals surface area contributed by atoms with Gasteiger partial charge < -0.3 is 22.9 Å². The van der Waals surface area contributed by atoms with Gasteiger partial charge in [0.2, 0.25) is 0 Å². The van der Waals surface area contributed by atoms with E-state index in [4.69, 9.17) is 22.9 Å². The van der Waals surface area contributed by atoms with E-state index in [1.54, 1.807) is 0 Å². The molecule has 2 aliphatic carbocycles. The van der Waals surface area contributed by atoms with Crippen molar-refractivity contribution < 1.29 is 0 Å². The van der Waals surface area contributed by atoms with Gasteiger partial charge >= 0.3 is 0 Å². The standard InChI is InChI=1S/C7H15N.C6H13N.2C4H11N/c1-6-3-2-4-7(8)5-6;1-5-2-3-6(7)4-5;1-4(2)3-5;1-3-4(2)5/h6-7H,2-5,8H2,1H3;5-6H,2-4,7H2,1H3;2*4H,3,5H2,1-2H3/t6-,7+;5-,6+;;/m00../s1. The summed E-state index contributed by atoms with van der Waals surface area (Å²) in [5.41, 5.74) is 21.8. The third-order valence-corrected chi connectivity index (χ3v) is 4.83. The van der Waals surface area contributed by atoms with Crippen molar-refractivity contribution in [1.82, 2.24) is 0 Å². The van der Waals surface area contributed by atoms with Crippen molar-refractivity contribution in [2.45, 2.75) is 111 Å². The smallest absolute Gasteiger partial charge is 0.00414 e. The second-order valence-corrected chi connectivity index (χ2v) is 8.73. The molecule has 0 aliphatic heterocycles. The van der Waals surface area contributed by atoms with Crippen LogP contribution in [0.3, 0.4) is 0 Å². The summed E-state index contributed by atoms with van der Waals surface area (Å²) in [5, 5.41) is 0. The van der Waals surface area contributed by atoms with Crippen molar-refractivity contribution >= 4 is 0 Å². The summed E-state index contributed by atoms with van der Waals surface area (Å²) in [6.45, 7) is 13.6. The Balaban J connectivity index is 0. The van der Waals surface area contributed by atoms with Crippen molar-refractivity contribution in [2.24, 2.45) is 40.7 Å². The highest BCUT2D eigenvalue weighted by Gasteiger charge is 2.16. The molecule has 5 atom stereocenters. The molecule has 0 aromatic heterocycles. The van der Waals surface area contributed by atoms with Gasteiger partial charge in [0.1, 0.15) is 0 Å². The molecule has 2 saturated carbocycles. The molecule has 0 aromatic carbocycles. The minimum atomic E-state index is 0.384. The topological polar surface area (TPSA) is 104 Å². The SMILES string of the molecule is CC(C)CN.CCC(C)N.C[C@H]1CCC[C@@H](N)C1.C[C@H]1CC[C@@H](N)C1. The molecule has 0 saturated heterocycles. The van der Waals surface area contributed by atoms with Gasteiger partial charge in [0.15, 0.2) is 0 Å². The van der Waals surface area contributed by atoms with Crippen molar-refractivity contribution in [3.8, 4) is 0 Å². The van der Waals surface area contributed by atoms with Crippen molar-refractivity contribution in [3.63, 3.8) is 0 Å². The number of nitrogens with two attached hydrogens (primary N) is 4. The molecule has 0 radical (unpaired) electrons. The lowest BCUT2D eigenvalue weighted by Gasteiger charge is -2.22. The van der Waals surface area contributed by atoms with Gasteiger partial charge in [-0.05, 0) is 69.7 Å². The fourth-order valence-electron chi connectivity index (χ4n) is 2.73. The first-order chi connectivity index (χ1) is 11.6. The lowest BCUT2D eigenvalue weighted by Crippen LogP contribution is -2.26. The van der Waals surface area contributed by atoms with E-state index < -0.39 is 0 Å². The Labute approximate surface area is 158 Å². The average Bonchev–Trinajstić information content (AvgIpc) is 2.92. The zero-order valence-electron chi connectivity index (χ0n) is 18.1. The summed E-state index contributed by atoms with van der Waals surface area (Å²) >= 11 is 0. The van der Waals surface area contributed by atoms with Crippen LogP contribution in [0.25, 0.3) is 0 Å². The maximum atomic E-state index is 5.73. The first kappa shape index (κ1) is 27.1. The molecule has 8 N–H and O–H groups in total. The van der Waals surface area contributed by atoms with Crippen LogP contribution in [0, 0.1) is 17.8 Å². The van der Waals surface area contributed by atoms with Crippen molar-refractivity contribution in [3.05, 3.63) is 0 Å². The maximum absolute atomic E-state index is 5.73. The summed E-state index contributed by atoms with van der Waals surface area (Å²) in [6, 6.07) is 1.42. The van der Waals surface area contributed by atoms with E-state index in [0.717, 1.165) is 24.8 Å². The molecular formula is C21H50N4. The van der Waals surface area contributed by atoms with Gasteiger partial charge in [-0.25, -0.2) is 0 Å². The Bertz CT molecular complexity index is 245. The van der Waals surface area contributed by atoms with Gasteiger partial charge in [0, 0.05) is 18.1 Å². The van der Waals surface area contributed by atoms with Crippen LogP contribution in [0.5, 0.6) is 0 Å². The highest BCUT2D eigenvalue weighted by atomic mass is 14.6. The van der Waals surface area contributed by atoms with Gasteiger partial charge in [-0.3, -0.25) is 0 Å². The number of hydrogen-bond acceptors (Lipinski definition) is 4. The Morgan fingerprint density at radius 2 is 1.24 bits per heavy atom. The van der Waals surface area contributed by atoms with Gasteiger partial charge in [-0.2, -0.15) is 0 Å². The van der Waals surface area contributed by atoms with Crippen LogP contribution in [-0.4, -0.2) is 24.7 Å². The maximum Gasteiger partial charge on any atom is 0.00414 e. The summed E-state index contributed by atoms with van der Waals surface area (Å²) in [4.78, 5) is 0. The van der Waals surface area contributed by atoms with Gasteiger partial charge in [-0.15, -0.1) is 0 Å². The Kier molecular flexibility index (Phi) is 18.7. The molecule has 0 amide bonds. The van der Waals surface area contributed by atoms with E-state index in [0.29, 0.717) is 24.0 Å². The molecule has 4 nitrogen and oxygen atoms in total. The van der Waals surface area contributed by atoms with Crippen LogP contribution in [-0.2, 0) is 0 Å². The van der Waals surface area contributed by atoms with E-state index in [-0.39, 0.29) is 0 Å². The molecule has 0 bridgehead atoms. The zero-order valence-corrected chi connectivity index (χ0v) is 18.1. The monoisotopic (exact) mass is 358 g/mol.